The number of hydrogen-bond acceptors (Lipinski definition) is 3. The van der Waals surface area contributed by atoms with E-state index in [1.54, 1.807) is 0 Å². The molecule has 4 aliphatic carbocycles. The zero-order valence-electron chi connectivity index (χ0n) is 39.5. The van der Waals surface area contributed by atoms with E-state index in [0.29, 0.717) is 34.8 Å². The zero-order chi connectivity index (χ0) is 45.5. The summed E-state index contributed by atoms with van der Waals surface area (Å²) in [6.45, 7) is -0.194. The normalized spacial score (nSPS) is 19.7. The standard InChI is InChI=1S/C61H60B2N4O/c64-37-39-27-31-50-54(35-39)66-59-52(62(50)57-46(41-15-5-1-6-16-41)23-13-24-47(57)42-17-7-2-8-18-42)33-29-45-30-34-53-60(56(45)59)67(61(66)68)55-36-40(38-65)28-32-51(55)63(53)58-48(43-19-9-3-10-20-43)25-14-26-49(58)44-21-11-4-12-22-44/h13-14,23-36,41-44H,1-12,15-22H2. The Balaban J connectivity index is 1.12. The predicted octanol–water partition coefficient (Wildman–Crippen LogP) is 11.8. The largest absolute Gasteiger partial charge is 0.338 e. The summed E-state index contributed by atoms with van der Waals surface area (Å²) in [6.07, 6.45) is 25.0. The van der Waals surface area contributed by atoms with Crippen LogP contribution in [0.4, 0.5) is 27.5 Å². The Bertz CT molecular complexity index is 2830. The summed E-state index contributed by atoms with van der Waals surface area (Å²) in [5.74, 6) is 1.99. The SMILES string of the molecule is N#Cc1ccc2c(c1)N1C(=O)N3c4cc(C#N)ccc4B(c4c(C5CCCCC5)cccc4C4CCCCC4)c4ccc5ccc(c1c5c43)B2c1c(C2CCCCC2)cccc1C1CCCCC1. The van der Waals surface area contributed by atoms with E-state index in [-0.39, 0.29) is 19.5 Å². The van der Waals surface area contributed by atoms with Gasteiger partial charge in [0.1, 0.15) is 0 Å². The van der Waals surface area contributed by atoms with Gasteiger partial charge in [-0.3, -0.25) is 9.80 Å². The number of anilines is 4. The van der Waals surface area contributed by atoms with Gasteiger partial charge < -0.3 is 0 Å². The van der Waals surface area contributed by atoms with Gasteiger partial charge in [0.15, 0.2) is 0 Å². The fraction of sp³-hybridized carbons (Fsp3) is 0.393. The average molecular weight is 887 g/mol. The molecule has 336 valence electrons. The van der Waals surface area contributed by atoms with Crippen molar-refractivity contribution in [2.24, 2.45) is 0 Å². The molecule has 6 aromatic rings. The summed E-state index contributed by atoms with van der Waals surface area (Å²) in [6, 6.07) is 41.0. The van der Waals surface area contributed by atoms with Crippen molar-refractivity contribution in [3.63, 3.8) is 0 Å². The third-order valence-electron chi connectivity index (χ3n) is 18.2. The zero-order valence-corrected chi connectivity index (χ0v) is 39.5. The van der Waals surface area contributed by atoms with Crippen LogP contribution in [-0.2, 0) is 0 Å². The molecule has 4 saturated carbocycles. The van der Waals surface area contributed by atoms with Gasteiger partial charge in [0.05, 0.1) is 34.6 Å². The number of hydrogen-bond donors (Lipinski definition) is 0. The van der Waals surface area contributed by atoms with Gasteiger partial charge >= 0.3 is 6.03 Å². The van der Waals surface area contributed by atoms with Crippen LogP contribution >= 0.6 is 0 Å². The van der Waals surface area contributed by atoms with E-state index >= 15 is 4.79 Å². The number of nitriles is 2. The molecule has 3 aliphatic heterocycles. The molecule has 0 aromatic heterocycles. The highest BCUT2D eigenvalue weighted by Gasteiger charge is 2.50. The minimum Gasteiger partial charge on any atom is -0.263 e. The molecule has 2 amide bonds. The quantitative estimate of drug-likeness (QED) is 0.156. The van der Waals surface area contributed by atoms with Gasteiger partial charge in [-0.05, 0) is 149 Å². The van der Waals surface area contributed by atoms with Crippen LogP contribution in [0.1, 0.15) is 185 Å². The summed E-state index contributed by atoms with van der Waals surface area (Å²) in [7, 11) is 0. The monoisotopic (exact) mass is 886 g/mol. The van der Waals surface area contributed by atoms with Crippen molar-refractivity contribution >= 4 is 85.8 Å². The third kappa shape index (κ3) is 6.58. The number of benzene rings is 6. The summed E-state index contributed by atoms with van der Waals surface area (Å²) in [4.78, 5) is 20.3. The Morgan fingerprint density at radius 1 is 0.426 bits per heavy atom. The Morgan fingerprint density at radius 3 is 1.10 bits per heavy atom. The molecule has 0 unspecified atom stereocenters. The van der Waals surface area contributed by atoms with Crippen LogP contribution < -0.4 is 42.6 Å². The highest BCUT2D eigenvalue weighted by Crippen LogP contribution is 2.49. The Morgan fingerprint density at radius 2 is 0.765 bits per heavy atom. The number of rotatable bonds is 6. The lowest BCUT2D eigenvalue weighted by molar-refractivity contribution is 0.255. The molecule has 7 heteroatoms. The lowest BCUT2D eigenvalue weighted by Crippen LogP contribution is -2.65. The van der Waals surface area contributed by atoms with Crippen LogP contribution in [0.3, 0.4) is 0 Å². The van der Waals surface area contributed by atoms with Gasteiger partial charge in [0.2, 0.25) is 13.4 Å². The van der Waals surface area contributed by atoms with E-state index in [1.165, 1.54) is 173 Å². The number of carbonyl (C=O) groups excluding carboxylic acids is 1. The van der Waals surface area contributed by atoms with Crippen molar-refractivity contribution in [3.8, 4) is 12.1 Å². The number of nitrogens with zero attached hydrogens (tertiary/aromatic N) is 4. The third-order valence-corrected chi connectivity index (χ3v) is 18.2. The first-order valence-corrected chi connectivity index (χ1v) is 26.7. The molecule has 0 spiro atoms. The second-order valence-electron chi connectivity index (χ2n) is 21.7. The first-order valence-electron chi connectivity index (χ1n) is 26.7. The molecule has 0 N–H and O–H groups in total. The lowest BCUT2D eigenvalue weighted by atomic mass is 9.32. The number of urea groups is 1. The molecule has 68 heavy (non-hydrogen) atoms. The summed E-state index contributed by atoms with van der Waals surface area (Å²) in [5.41, 5.74) is 18.2. The Kier molecular flexibility index (Phi) is 10.6. The van der Waals surface area contributed by atoms with E-state index in [2.05, 4.69) is 84.9 Å². The van der Waals surface area contributed by atoms with Crippen molar-refractivity contribution < 1.29 is 4.79 Å². The van der Waals surface area contributed by atoms with Crippen LogP contribution in [0, 0.1) is 22.7 Å². The van der Waals surface area contributed by atoms with E-state index in [0.717, 1.165) is 44.4 Å². The van der Waals surface area contributed by atoms with E-state index in [1.807, 2.05) is 34.1 Å². The van der Waals surface area contributed by atoms with Gasteiger partial charge in [-0.25, -0.2) is 4.79 Å². The van der Waals surface area contributed by atoms with Crippen molar-refractivity contribution in [2.75, 3.05) is 9.80 Å². The molecule has 13 rings (SSSR count). The first kappa shape index (κ1) is 42.1. The fourth-order valence-corrected chi connectivity index (χ4v) is 15.1. The topological polar surface area (TPSA) is 71.1 Å². The minimum absolute atomic E-state index is 0.0968. The van der Waals surface area contributed by atoms with E-state index < -0.39 is 0 Å². The average Bonchev–Trinajstić information content (AvgIpc) is 3.41. The highest BCUT2D eigenvalue weighted by molar-refractivity contribution is 7.00. The minimum atomic E-state index is -0.135. The van der Waals surface area contributed by atoms with Gasteiger partial charge in [-0.15, -0.1) is 0 Å². The molecular formula is C61H60B2N4O. The Labute approximate surface area is 403 Å². The molecule has 3 heterocycles. The lowest BCUT2D eigenvalue weighted by Gasteiger charge is -2.47. The van der Waals surface area contributed by atoms with Crippen LogP contribution in [-0.4, -0.2) is 19.5 Å². The number of amides is 2. The van der Waals surface area contributed by atoms with Gasteiger partial charge in [-0.1, -0.05) is 161 Å². The maximum Gasteiger partial charge on any atom is 0.338 e. The maximum atomic E-state index is 16.3. The molecule has 0 atom stereocenters. The molecule has 6 aromatic carbocycles. The molecule has 7 aliphatic rings. The van der Waals surface area contributed by atoms with Crippen molar-refractivity contribution in [1.29, 1.82) is 10.5 Å². The van der Waals surface area contributed by atoms with Crippen LogP contribution in [0.15, 0.2) is 97.1 Å². The second-order valence-corrected chi connectivity index (χ2v) is 21.7. The predicted molar refractivity (Wildman–Crippen MR) is 281 cm³/mol. The fourth-order valence-electron chi connectivity index (χ4n) is 15.1. The second kappa shape index (κ2) is 17.2. The molecular weight excluding hydrogens is 826 g/mol. The van der Waals surface area contributed by atoms with Gasteiger partial charge in [0, 0.05) is 16.8 Å². The maximum absolute atomic E-state index is 16.3. The van der Waals surface area contributed by atoms with Crippen LogP contribution in [0.2, 0.25) is 0 Å². The van der Waals surface area contributed by atoms with Gasteiger partial charge in [-0.2, -0.15) is 10.5 Å². The first-order chi connectivity index (χ1) is 33.6. The van der Waals surface area contributed by atoms with Crippen molar-refractivity contribution in [2.45, 2.75) is 152 Å². The van der Waals surface area contributed by atoms with Crippen molar-refractivity contribution in [3.05, 3.63) is 130 Å². The highest BCUT2D eigenvalue weighted by atomic mass is 16.2. The number of carbonyl (C=O) groups is 1. The summed E-state index contributed by atoms with van der Waals surface area (Å²) < 4.78 is 0. The molecule has 4 fully saturated rings. The molecule has 5 nitrogen and oxygen atoms in total. The smallest absolute Gasteiger partial charge is 0.263 e. The summed E-state index contributed by atoms with van der Waals surface area (Å²) >= 11 is 0. The van der Waals surface area contributed by atoms with Crippen LogP contribution in [0.25, 0.3) is 10.8 Å². The van der Waals surface area contributed by atoms with Crippen molar-refractivity contribution in [1.82, 2.24) is 0 Å². The summed E-state index contributed by atoms with van der Waals surface area (Å²) in [5, 5.41) is 23.3. The number of fused-ring (bicyclic) bond motifs is 4. The Hall–Kier alpha value is -6.04. The van der Waals surface area contributed by atoms with E-state index in [4.69, 9.17) is 0 Å². The van der Waals surface area contributed by atoms with E-state index in [9.17, 15) is 10.5 Å². The molecule has 0 bridgehead atoms. The van der Waals surface area contributed by atoms with Crippen LogP contribution in [0.5, 0.6) is 0 Å². The molecule has 0 saturated heterocycles. The van der Waals surface area contributed by atoms with Gasteiger partial charge in [0.25, 0.3) is 0 Å². The molecule has 0 radical (unpaired) electrons.